The molecule has 1 saturated carbocycles. The van der Waals surface area contributed by atoms with Gasteiger partial charge in [-0.05, 0) is 18.8 Å². The molecule has 1 amide bonds. The van der Waals surface area contributed by atoms with E-state index < -0.39 is 11.9 Å². The summed E-state index contributed by atoms with van der Waals surface area (Å²) in [7, 11) is 0. The lowest BCUT2D eigenvalue weighted by Gasteiger charge is -2.34. The van der Waals surface area contributed by atoms with Crippen LogP contribution in [0.4, 0.5) is 0 Å². The van der Waals surface area contributed by atoms with Gasteiger partial charge in [-0.2, -0.15) is 0 Å². The van der Waals surface area contributed by atoms with E-state index in [4.69, 9.17) is 10.8 Å². The van der Waals surface area contributed by atoms with Crippen molar-refractivity contribution in [2.45, 2.75) is 38.6 Å². The van der Waals surface area contributed by atoms with Crippen LogP contribution in [0.15, 0.2) is 0 Å². The number of carboxylic acid groups (broad SMARTS) is 1. The molecule has 0 saturated heterocycles. The van der Waals surface area contributed by atoms with Gasteiger partial charge in [-0.15, -0.1) is 0 Å². The van der Waals surface area contributed by atoms with E-state index in [9.17, 15) is 9.59 Å². The van der Waals surface area contributed by atoms with Crippen molar-refractivity contribution in [3.05, 3.63) is 0 Å². The van der Waals surface area contributed by atoms with Crippen LogP contribution >= 0.6 is 0 Å². The highest BCUT2D eigenvalue weighted by molar-refractivity contribution is 5.77. The van der Waals surface area contributed by atoms with E-state index in [0.717, 1.165) is 19.3 Å². The van der Waals surface area contributed by atoms with Gasteiger partial charge in [0.1, 0.15) is 0 Å². The lowest BCUT2D eigenvalue weighted by Crippen LogP contribution is -2.45. The third-order valence-corrected chi connectivity index (χ3v) is 3.12. The Morgan fingerprint density at radius 3 is 2.56 bits per heavy atom. The molecule has 16 heavy (non-hydrogen) atoms. The first kappa shape index (κ1) is 13.0. The van der Waals surface area contributed by atoms with Crippen molar-refractivity contribution in [3.63, 3.8) is 0 Å². The number of hydrogen-bond donors (Lipinski definition) is 2. The summed E-state index contributed by atoms with van der Waals surface area (Å²) in [5.41, 5.74) is 5.14. The van der Waals surface area contributed by atoms with Gasteiger partial charge in [-0.3, -0.25) is 14.5 Å². The third kappa shape index (κ3) is 4.18. The number of carbonyl (C=O) groups excluding carboxylic acids is 1. The van der Waals surface area contributed by atoms with Crippen LogP contribution in [0.1, 0.15) is 32.6 Å². The van der Waals surface area contributed by atoms with E-state index >= 15 is 0 Å². The van der Waals surface area contributed by atoms with Crippen LogP contribution in [0.3, 0.4) is 0 Å². The van der Waals surface area contributed by atoms with Gasteiger partial charge in [0.15, 0.2) is 0 Å². The second-order valence-electron chi connectivity index (χ2n) is 4.69. The van der Waals surface area contributed by atoms with E-state index in [1.165, 1.54) is 6.42 Å². The highest BCUT2D eigenvalue weighted by Gasteiger charge is 2.26. The van der Waals surface area contributed by atoms with Gasteiger partial charge < -0.3 is 10.8 Å². The maximum atomic E-state index is 10.9. The number of nitrogens with zero attached hydrogens (tertiary/aromatic N) is 1. The standard InChI is InChI=1S/C11H20N2O3/c1-8-3-2-4-9(5-8)13(6-10(12)14)7-11(15)16/h8-9H,2-7H2,1H3,(H2,12,14)(H,15,16). The minimum atomic E-state index is -0.903. The van der Waals surface area contributed by atoms with Gasteiger partial charge in [0.25, 0.3) is 0 Å². The molecular weight excluding hydrogens is 208 g/mol. The van der Waals surface area contributed by atoms with Crippen LogP contribution in [0.25, 0.3) is 0 Å². The van der Waals surface area contributed by atoms with Crippen LogP contribution in [-0.2, 0) is 9.59 Å². The fourth-order valence-electron chi connectivity index (χ4n) is 2.42. The zero-order valence-electron chi connectivity index (χ0n) is 9.69. The second-order valence-corrected chi connectivity index (χ2v) is 4.69. The van der Waals surface area contributed by atoms with E-state index in [-0.39, 0.29) is 19.1 Å². The molecule has 92 valence electrons. The summed E-state index contributed by atoms with van der Waals surface area (Å²) in [5, 5.41) is 8.80. The summed E-state index contributed by atoms with van der Waals surface area (Å²) in [6.45, 7) is 2.11. The normalized spacial score (nSPS) is 25.6. The first-order chi connectivity index (χ1) is 7.49. The Morgan fingerprint density at radius 2 is 2.06 bits per heavy atom. The summed E-state index contributed by atoms with van der Waals surface area (Å²) in [6, 6.07) is 0.187. The number of aliphatic carboxylic acids is 1. The molecule has 0 aromatic carbocycles. The number of nitrogens with two attached hydrogens (primary N) is 1. The minimum absolute atomic E-state index is 0.0453. The molecule has 0 aromatic rings. The topological polar surface area (TPSA) is 83.6 Å². The summed E-state index contributed by atoms with van der Waals surface area (Å²) in [6.07, 6.45) is 4.21. The Hall–Kier alpha value is -1.10. The molecule has 2 unspecified atom stereocenters. The Labute approximate surface area is 95.6 Å². The molecule has 0 aromatic heterocycles. The quantitative estimate of drug-likeness (QED) is 0.715. The SMILES string of the molecule is CC1CCCC(N(CC(N)=O)CC(=O)O)C1. The van der Waals surface area contributed by atoms with Crippen molar-refractivity contribution >= 4 is 11.9 Å². The summed E-state index contributed by atoms with van der Waals surface area (Å²) in [4.78, 5) is 23.3. The molecule has 1 fully saturated rings. The molecule has 5 nitrogen and oxygen atoms in total. The molecule has 0 bridgehead atoms. The molecule has 1 aliphatic carbocycles. The van der Waals surface area contributed by atoms with Crippen molar-refractivity contribution in [1.29, 1.82) is 0 Å². The Bertz CT molecular complexity index is 252. The Balaban J connectivity index is 2.58. The lowest BCUT2D eigenvalue weighted by molar-refractivity contribution is -0.139. The van der Waals surface area contributed by atoms with Crippen LogP contribution in [-0.4, -0.2) is 41.0 Å². The van der Waals surface area contributed by atoms with Gasteiger partial charge in [0.05, 0.1) is 13.1 Å². The molecule has 2 atom stereocenters. The zero-order valence-corrected chi connectivity index (χ0v) is 9.69. The maximum absolute atomic E-state index is 10.9. The van der Waals surface area contributed by atoms with Crippen molar-refractivity contribution in [1.82, 2.24) is 4.90 Å². The molecule has 3 N–H and O–H groups in total. The molecule has 0 aliphatic heterocycles. The average Bonchev–Trinajstić information content (AvgIpc) is 2.15. The van der Waals surface area contributed by atoms with Crippen molar-refractivity contribution in [3.8, 4) is 0 Å². The largest absolute Gasteiger partial charge is 0.480 e. The van der Waals surface area contributed by atoms with Gasteiger partial charge in [-0.1, -0.05) is 19.8 Å². The van der Waals surface area contributed by atoms with Crippen molar-refractivity contribution in [2.24, 2.45) is 11.7 Å². The van der Waals surface area contributed by atoms with E-state index in [1.807, 2.05) is 0 Å². The van der Waals surface area contributed by atoms with E-state index in [0.29, 0.717) is 5.92 Å². The van der Waals surface area contributed by atoms with Crippen molar-refractivity contribution < 1.29 is 14.7 Å². The average molecular weight is 228 g/mol. The predicted molar refractivity (Wildman–Crippen MR) is 59.8 cm³/mol. The smallest absolute Gasteiger partial charge is 0.317 e. The number of carboxylic acids is 1. The van der Waals surface area contributed by atoms with E-state index in [2.05, 4.69) is 6.92 Å². The highest BCUT2D eigenvalue weighted by Crippen LogP contribution is 2.27. The molecule has 0 heterocycles. The number of primary amides is 1. The summed E-state index contributed by atoms with van der Waals surface area (Å²) < 4.78 is 0. The van der Waals surface area contributed by atoms with Crippen LogP contribution in [0.2, 0.25) is 0 Å². The Kier molecular flexibility index (Phi) is 4.73. The first-order valence-corrected chi connectivity index (χ1v) is 5.73. The van der Waals surface area contributed by atoms with Gasteiger partial charge in [0, 0.05) is 6.04 Å². The number of amides is 1. The summed E-state index contributed by atoms with van der Waals surface area (Å²) in [5.74, 6) is -0.762. The first-order valence-electron chi connectivity index (χ1n) is 5.73. The molecule has 5 heteroatoms. The van der Waals surface area contributed by atoms with E-state index in [1.54, 1.807) is 4.90 Å². The molecule has 0 radical (unpaired) electrons. The van der Waals surface area contributed by atoms with Gasteiger partial charge >= 0.3 is 5.97 Å². The zero-order chi connectivity index (χ0) is 12.1. The van der Waals surface area contributed by atoms with Gasteiger partial charge in [-0.25, -0.2) is 0 Å². The highest BCUT2D eigenvalue weighted by atomic mass is 16.4. The number of rotatable bonds is 5. The summed E-state index contributed by atoms with van der Waals surface area (Å²) >= 11 is 0. The second kappa shape index (κ2) is 5.84. The molecule has 1 aliphatic rings. The Morgan fingerprint density at radius 1 is 1.38 bits per heavy atom. The minimum Gasteiger partial charge on any atom is -0.480 e. The molecule has 0 spiro atoms. The monoisotopic (exact) mass is 228 g/mol. The van der Waals surface area contributed by atoms with Gasteiger partial charge in [0.2, 0.25) is 5.91 Å². The number of hydrogen-bond acceptors (Lipinski definition) is 3. The molecular formula is C11H20N2O3. The fourth-order valence-corrected chi connectivity index (χ4v) is 2.42. The lowest BCUT2D eigenvalue weighted by atomic mass is 9.86. The fraction of sp³-hybridized carbons (Fsp3) is 0.818. The maximum Gasteiger partial charge on any atom is 0.317 e. The van der Waals surface area contributed by atoms with Crippen LogP contribution < -0.4 is 5.73 Å². The van der Waals surface area contributed by atoms with Crippen LogP contribution in [0.5, 0.6) is 0 Å². The number of carbonyl (C=O) groups is 2. The molecule has 1 rings (SSSR count). The predicted octanol–water partition coefficient (Wildman–Crippen LogP) is 0.437. The van der Waals surface area contributed by atoms with Crippen LogP contribution in [0, 0.1) is 5.92 Å². The van der Waals surface area contributed by atoms with Crippen molar-refractivity contribution in [2.75, 3.05) is 13.1 Å². The third-order valence-electron chi connectivity index (χ3n) is 3.12.